The summed E-state index contributed by atoms with van der Waals surface area (Å²) in [5, 5.41) is 0. The zero-order valence-corrected chi connectivity index (χ0v) is 58.7. The molecule has 0 spiro atoms. The molecule has 83 heavy (non-hydrogen) atoms. The van der Waals surface area contributed by atoms with Gasteiger partial charge in [0, 0.05) is 170 Å². The minimum absolute atomic E-state index is 0. The zero-order valence-electron chi connectivity index (χ0n) is 51.8. The summed E-state index contributed by atoms with van der Waals surface area (Å²) in [4.78, 5) is 30.0. The van der Waals surface area contributed by atoms with Crippen LogP contribution in [0.2, 0.25) is 0 Å². The fraction of sp³-hybridized carbons (Fsp3) is 0.810. The van der Waals surface area contributed by atoms with Gasteiger partial charge >= 0.3 is 34.1 Å². The van der Waals surface area contributed by atoms with Gasteiger partial charge in [-0.3, -0.25) is 24.5 Å². The summed E-state index contributed by atoms with van der Waals surface area (Å²) in [6.07, 6.45) is 13.7. The van der Waals surface area contributed by atoms with E-state index < -0.39 is 13.4 Å². The van der Waals surface area contributed by atoms with Crippen LogP contribution in [0.25, 0.3) is 0 Å². The Morgan fingerprint density at radius 3 is 1.02 bits per heavy atom. The molecule has 6 aliphatic heterocycles. The maximum Gasteiger partial charge on any atom is 2.00 e. The molecule has 0 aliphatic carbocycles. The number of hydrogen-bond donors (Lipinski definition) is 0. The first-order valence-electron chi connectivity index (χ1n) is 32.1. The van der Waals surface area contributed by atoms with E-state index in [4.69, 9.17) is 69.6 Å². The SMILES string of the molecule is CCCCN1CCCN2CCN(CCCC)CCC(Cl)(Cl)N(CC1)CC2.CCCCN1CCN2CCCN(C)CCN(CC2)C(Cl)(Cl)CC1.ClC1(Cl)CCN(Cc2ccccc2)CCN2CCCN(Cc3ccccc3)CCN1CC2.[Mn+2].[Mn+2]. The molecule has 0 N–H and O–H groups in total. The molecule has 6 aliphatic rings. The standard InChI is InChI=1S/C26H36Cl2N4.C20H40Cl2N4.C17H34Cl2N4.2Mn/c27-26(28)12-15-31(23-25-10-5-2-6-11-25)17-16-29-13-7-14-30(19-21-32(26)20-18-29)22-24-8-3-1-4-9-24;1-3-5-9-23-11-7-12-25-15-14-24(10-6-4-2)13-8-20(21,22)26(18-16-23)19-17-25;1-3-4-8-21-10-6-17(18,19)23-15-11-20(2)7-5-9-22(13-12-21)14-16-23;;/h1-6,8-11H,7,12-23H2;3-19H2,1-2H3;3-16H2,1-2H3;;/q;;;2*+2. The van der Waals surface area contributed by atoms with Crippen LogP contribution in [0.3, 0.4) is 0 Å². The Morgan fingerprint density at radius 2 is 0.614 bits per heavy atom. The third-order valence-corrected chi connectivity index (χ3v) is 20.4. The molecule has 0 saturated carbocycles. The summed E-state index contributed by atoms with van der Waals surface area (Å²) in [5.74, 6) is 0. The van der Waals surface area contributed by atoms with Gasteiger partial charge in [-0.2, -0.15) is 0 Å². The Bertz CT molecular complexity index is 1940. The van der Waals surface area contributed by atoms with Gasteiger partial charge in [0.2, 0.25) is 0 Å². The summed E-state index contributed by atoms with van der Waals surface area (Å²) < 4.78 is -2.33. The van der Waals surface area contributed by atoms with Crippen molar-refractivity contribution in [3.63, 3.8) is 0 Å². The third-order valence-electron chi connectivity index (χ3n) is 17.8. The maximum atomic E-state index is 6.99. The largest absolute Gasteiger partial charge is 2.00 e. The first kappa shape index (κ1) is 76.2. The molecule has 6 fully saturated rings. The van der Waals surface area contributed by atoms with E-state index in [2.05, 4.69) is 147 Å². The van der Waals surface area contributed by atoms with Gasteiger partial charge in [0.25, 0.3) is 0 Å². The van der Waals surface area contributed by atoms with Crippen molar-refractivity contribution in [2.75, 3.05) is 203 Å². The van der Waals surface area contributed by atoms with Crippen molar-refractivity contribution in [2.24, 2.45) is 0 Å². The van der Waals surface area contributed by atoms with Crippen LogP contribution in [0.15, 0.2) is 60.7 Å². The molecule has 0 amide bonds. The molecule has 8 rings (SSSR count). The number of unbranched alkanes of at least 4 members (excludes halogenated alkanes) is 3. The summed E-state index contributed by atoms with van der Waals surface area (Å²) in [6.45, 7) is 40.8. The first-order chi connectivity index (χ1) is 39.1. The van der Waals surface area contributed by atoms with Crippen LogP contribution in [0, 0.1) is 0 Å². The molecule has 0 aromatic heterocycles. The summed E-state index contributed by atoms with van der Waals surface area (Å²) in [7, 11) is 2.20. The Hall–Kier alpha value is 0.739. The average molecular weight is 1360 g/mol. The second kappa shape index (κ2) is 42.0. The Morgan fingerprint density at radius 1 is 0.325 bits per heavy atom. The van der Waals surface area contributed by atoms with Crippen LogP contribution in [0.5, 0.6) is 0 Å². The summed E-state index contributed by atoms with van der Waals surface area (Å²) in [6, 6.07) is 21.5. The molecule has 474 valence electrons. The van der Waals surface area contributed by atoms with E-state index in [1.54, 1.807) is 0 Å². The van der Waals surface area contributed by atoms with Crippen molar-refractivity contribution in [3.8, 4) is 0 Å². The fourth-order valence-corrected chi connectivity index (χ4v) is 13.7. The zero-order chi connectivity index (χ0) is 57.8. The van der Waals surface area contributed by atoms with E-state index in [9.17, 15) is 0 Å². The van der Waals surface area contributed by atoms with Gasteiger partial charge in [0.1, 0.15) is 0 Å². The number of likely N-dealkylation sites (N-methyl/N-ethyl adjacent to an activating group) is 1. The minimum atomic E-state index is -0.838. The van der Waals surface area contributed by atoms with E-state index in [1.807, 2.05) is 0 Å². The van der Waals surface area contributed by atoms with Gasteiger partial charge in [0.15, 0.2) is 13.4 Å². The molecule has 2 aromatic rings. The number of hydrogen-bond acceptors (Lipinski definition) is 12. The van der Waals surface area contributed by atoms with E-state index in [0.717, 1.165) is 183 Å². The second-order valence-corrected chi connectivity index (χ2v) is 28.5. The van der Waals surface area contributed by atoms with Crippen molar-refractivity contribution >= 4 is 69.6 Å². The van der Waals surface area contributed by atoms with Gasteiger partial charge in [0.05, 0.1) is 0 Å². The molecule has 6 unspecified atom stereocenters. The fourth-order valence-electron chi connectivity index (χ4n) is 12.2. The van der Waals surface area contributed by atoms with Crippen LogP contribution < -0.4 is 0 Å². The third kappa shape index (κ3) is 29.3. The van der Waals surface area contributed by atoms with Crippen molar-refractivity contribution < 1.29 is 34.1 Å². The molecule has 6 atom stereocenters. The Balaban J connectivity index is 0.000000268. The second-order valence-electron chi connectivity index (χ2n) is 24.2. The van der Waals surface area contributed by atoms with Gasteiger partial charge in [-0.05, 0) is 116 Å². The normalized spacial score (nSPS) is 28.1. The van der Waals surface area contributed by atoms with Crippen molar-refractivity contribution in [1.82, 2.24) is 58.8 Å². The van der Waals surface area contributed by atoms with Crippen LogP contribution in [0.1, 0.15) is 109 Å². The van der Waals surface area contributed by atoms with Crippen LogP contribution >= 0.6 is 69.6 Å². The quantitative estimate of drug-likeness (QED) is 0.109. The van der Waals surface area contributed by atoms with Gasteiger partial charge in [-0.25, -0.2) is 0 Å². The van der Waals surface area contributed by atoms with Crippen LogP contribution in [-0.2, 0) is 47.2 Å². The van der Waals surface area contributed by atoms with E-state index in [1.165, 1.54) is 115 Å². The number of halogens is 6. The van der Waals surface area contributed by atoms with Gasteiger partial charge in [-0.1, -0.05) is 170 Å². The number of rotatable bonds is 13. The van der Waals surface area contributed by atoms with Gasteiger partial charge in [-0.15, -0.1) is 0 Å². The molecule has 20 heteroatoms. The van der Waals surface area contributed by atoms with E-state index in [0.29, 0.717) is 0 Å². The molecule has 2 radical (unpaired) electrons. The molecule has 6 heterocycles. The Labute approximate surface area is 557 Å². The molecule has 12 nitrogen and oxygen atoms in total. The smallest absolute Gasteiger partial charge is 0.305 e. The molecular formula is C63H110Cl6Mn2N12+4. The minimum Gasteiger partial charge on any atom is -0.305 e. The molecular weight excluding hydrogens is 1250 g/mol. The number of alkyl halides is 6. The molecule has 2 aromatic carbocycles. The average Bonchev–Trinajstić information content (AvgIpc) is 3.47. The number of benzene rings is 2. The van der Waals surface area contributed by atoms with Crippen molar-refractivity contribution in [3.05, 3.63) is 71.8 Å². The maximum absolute atomic E-state index is 6.99. The molecule has 6 saturated heterocycles. The molecule has 6 bridgehead atoms. The Kier molecular flexibility index (Phi) is 38.5. The van der Waals surface area contributed by atoms with Crippen molar-refractivity contribution in [2.45, 2.75) is 124 Å². The predicted molar refractivity (Wildman–Crippen MR) is 350 cm³/mol. The van der Waals surface area contributed by atoms with Crippen LogP contribution in [0.4, 0.5) is 0 Å². The van der Waals surface area contributed by atoms with E-state index in [-0.39, 0.29) is 34.1 Å². The van der Waals surface area contributed by atoms with Gasteiger partial charge < -0.3 is 34.3 Å². The summed E-state index contributed by atoms with van der Waals surface area (Å²) in [5.41, 5.74) is 2.72. The predicted octanol–water partition coefficient (Wildman–Crippen LogP) is 10.8. The van der Waals surface area contributed by atoms with Crippen molar-refractivity contribution in [1.29, 1.82) is 0 Å². The monoisotopic (exact) mass is 1350 g/mol. The number of fused-ring (bicyclic) bond motifs is 9. The first-order valence-corrected chi connectivity index (χ1v) is 34.3. The number of nitrogens with zero attached hydrogens (tertiary/aromatic N) is 12. The summed E-state index contributed by atoms with van der Waals surface area (Å²) >= 11 is 41.2. The topological polar surface area (TPSA) is 38.9 Å². The van der Waals surface area contributed by atoms with Crippen LogP contribution in [-0.4, -0.2) is 276 Å². The van der Waals surface area contributed by atoms with E-state index >= 15 is 0 Å².